The predicted octanol–water partition coefficient (Wildman–Crippen LogP) is 3.61. The summed E-state index contributed by atoms with van der Waals surface area (Å²) in [6, 6.07) is 2.82. The van der Waals surface area contributed by atoms with Gasteiger partial charge in [-0.3, -0.25) is 0 Å². The molecule has 1 aliphatic carbocycles. The summed E-state index contributed by atoms with van der Waals surface area (Å²) in [4.78, 5) is -0.0700. The van der Waals surface area contributed by atoms with Crippen LogP contribution in [0.25, 0.3) is 0 Å². The monoisotopic (exact) mass is 248 g/mol. The number of hydrogen-bond acceptors (Lipinski definition) is 2. The molecule has 1 aromatic rings. The van der Waals surface area contributed by atoms with Crippen molar-refractivity contribution in [3.05, 3.63) is 34.0 Å². The summed E-state index contributed by atoms with van der Waals surface area (Å²) < 4.78 is 38.7. The van der Waals surface area contributed by atoms with Crippen LogP contribution in [0.4, 0.5) is 13.2 Å². The van der Waals surface area contributed by atoms with Crippen molar-refractivity contribution in [2.24, 2.45) is 0 Å². The Morgan fingerprint density at radius 3 is 2.38 bits per heavy atom. The van der Waals surface area contributed by atoms with E-state index >= 15 is 0 Å². The summed E-state index contributed by atoms with van der Waals surface area (Å²) in [5, 5.41) is 11.4. The number of thiophene rings is 1. The van der Waals surface area contributed by atoms with Crippen molar-refractivity contribution in [2.75, 3.05) is 0 Å². The van der Waals surface area contributed by atoms with Crippen LogP contribution < -0.4 is 0 Å². The second-order valence-electron chi connectivity index (χ2n) is 3.90. The van der Waals surface area contributed by atoms with Gasteiger partial charge < -0.3 is 5.11 Å². The van der Waals surface area contributed by atoms with Crippen molar-refractivity contribution in [1.82, 2.24) is 0 Å². The maximum absolute atomic E-state index is 12.9. The Kier molecular flexibility index (Phi) is 2.84. The molecule has 0 bridgehead atoms. The van der Waals surface area contributed by atoms with Gasteiger partial charge in [-0.1, -0.05) is 11.6 Å². The SMILES string of the molecule is O[C@](C=C1CCC1)(c1cccs1)C(F)(F)F. The lowest BCUT2D eigenvalue weighted by Gasteiger charge is -2.29. The Morgan fingerprint density at radius 1 is 1.31 bits per heavy atom. The average Bonchev–Trinajstić information content (AvgIpc) is 2.61. The van der Waals surface area contributed by atoms with E-state index in [0.29, 0.717) is 18.4 Å². The molecule has 1 aromatic heterocycles. The summed E-state index contributed by atoms with van der Waals surface area (Å²) >= 11 is 0.919. The van der Waals surface area contributed by atoms with Crippen LogP contribution >= 0.6 is 11.3 Å². The van der Waals surface area contributed by atoms with Gasteiger partial charge in [0.2, 0.25) is 5.60 Å². The molecule has 1 aliphatic rings. The fraction of sp³-hybridized carbons (Fsp3) is 0.455. The van der Waals surface area contributed by atoms with Gasteiger partial charge in [-0.05, 0) is 36.8 Å². The number of hydrogen-bond donors (Lipinski definition) is 1. The third-order valence-electron chi connectivity index (χ3n) is 2.74. The molecule has 1 saturated carbocycles. The second kappa shape index (κ2) is 3.89. The first-order chi connectivity index (χ1) is 7.43. The average molecular weight is 248 g/mol. The third kappa shape index (κ3) is 1.89. The van der Waals surface area contributed by atoms with Gasteiger partial charge in [0.1, 0.15) is 0 Å². The zero-order chi connectivity index (χ0) is 11.8. The fourth-order valence-corrected chi connectivity index (χ4v) is 2.42. The molecule has 0 aromatic carbocycles. The van der Waals surface area contributed by atoms with Crippen LogP contribution in [0.15, 0.2) is 29.2 Å². The maximum atomic E-state index is 12.9. The number of alkyl halides is 3. The van der Waals surface area contributed by atoms with Gasteiger partial charge in [0, 0.05) is 4.88 Å². The van der Waals surface area contributed by atoms with E-state index in [1.54, 1.807) is 0 Å². The molecule has 1 N–H and O–H groups in total. The summed E-state index contributed by atoms with van der Waals surface area (Å²) in [5.41, 5.74) is -2.12. The van der Waals surface area contributed by atoms with Crippen molar-refractivity contribution in [2.45, 2.75) is 31.0 Å². The molecular formula is C11H11F3OS. The van der Waals surface area contributed by atoms with E-state index in [1.807, 2.05) is 0 Å². The van der Waals surface area contributed by atoms with Gasteiger partial charge in [-0.15, -0.1) is 11.3 Å². The highest BCUT2D eigenvalue weighted by Crippen LogP contribution is 2.44. The van der Waals surface area contributed by atoms with Crippen LogP contribution in [0.2, 0.25) is 0 Å². The van der Waals surface area contributed by atoms with E-state index < -0.39 is 11.8 Å². The molecule has 1 nitrogen and oxygen atoms in total. The highest BCUT2D eigenvalue weighted by Gasteiger charge is 2.54. The topological polar surface area (TPSA) is 20.2 Å². The molecule has 1 fully saturated rings. The Hall–Kier alpha value is -0.810. The lowest BCUT2D eigenvalue weighted by molar-refractivity contribution is -0.244. The smallest absolute Gasteiger partial charge is 0.372 e. The molecule has 88 valence electrons. The standard InChI is InChI=1S/C11H11F3OS/c12-11(13,14)10(15,7-8-3-1-4-8)9-5-2-6-16-9/h2,5-7,15H,1,3-4H2/t10-/m1/s1. The summed E-state index contributed by atoms with van der Waals surface area (Å²) in [5.74, 6) is 0. The first-order valence-electron chi connectivity index (χ1n) is 4.97. The van der Waals surface area contributed by atoms with Crippen molar-refractivity contribution in [3.63, 3.8) is 0 Å². The van der Waals surface area contributed by atoms with E-state index in [4.69, 9.17) is 0 Å². The van der Waals surface area contributed by atoms with Gasteiger partial charge in [-0.2, -0.15) is 13.2 Å². The molecule has 16 heavy (non-hydrogen) atoms. The van der Waals surface area contributed by atoms with E-state index in [0.717, 1.165) is 23.8 Å². The van der Waals surface area contributed by atoms with Crippen LogP contribution in [0.5, 0.6) is 0 Å². The Labute approximate surface area is 95.2 Å². The van der Waals surface area contributed by atoms with Crippen molar-refractivity contribution < 1.29 is 18.3 Å². The Morgan fingerprint density at radius 2 is 2.00 bits per heavy atom. The van der Waals surface area contributed by atoms with Crippen LogP contribution in [-0.2, 0) is 5.60 Å². The zero-order valence-corrected chi connectivity index (χ0v) is 9.24. The molecule has 0 unspecified atom stereocenters. The van der Waals surface area contributed by atoms with E-state index in [1.165, 1.54) is 17.5 Å². The molecule has 0 saturated heterocycles. The molecule has 1 heterocycles. The Balaban J connectivity index is 2.40. The minimum atomic E-state index is -4.67. The minimum Gasteiger partial charge on any atom is -0.372 e. The van der Waals surface area contributed by atoms with E-state index in [9.17, 15) is 18.3 Å². The maximum Gasteiger partial charge on any atom is 0.425 e. The Bertz CT molecular complexity index is 388. The number of rotatable bonds is 2. The number of halogens is 3. The summed E-state index contributed by atoms with van der Waals surface area (Å²) in [7, 11) is 0. The molecule has 1 atom stereocenters. The zero-order valence-electron chi connectivity index (χ0n) is 8.42. The van der Waals surface area contributed by atoms with Crippen LogP contribution in [0.3, 0.4) is 0 Å². The lowest BCUT2D eigenvalue weighted by atomic mass is 9.86. The molecule has 5 heteroatoms. The summed E-state index contributed by atoms with van der Waals surface area (Å²) in [6.45, 7) is 0. The van der Waals surface area contributed by atoms with Crippen LogP contribution in [-0.4, -0.2) is 11.3 Å². The van der Waals surface area contributed by atoms with Gasteiger partial charge in [0.25, 0.3) is 0 Å². The van der Waals surface area contributed by atoms with Gasteiger partial charge in [0.05, 0.1) is 0 Å². The lowest BCUT2D eigenvalue weighted by Crippen LogP contribution is -2.40. The fourth-order valence-electron chi connectivity index (χ4n) is 1.61. The molecule has 0 radical (unpaired) electrons. The normalized spacial score (nSPS) is 20.1. The largest absolute Gasteiger partial charge is 0.425 e. The van der Waals surface area contributed by atoms with E-state index in [-0.39, 0.29) is 4.88 Å². The molecule has 2 rings (SSSR count). The van der Waals surface area contributed by atoms with Crippen molar-refractivity contribution in [3.8, 4) is 0 Å². The molecule has 0 aliphatic heterocycles. The quantitative estimate of drug-likeness (QED) is 0.793. The molecule has 0 amide bonds. The molecular weight excluding hydrogens is 237 g/mol. The second-order valence-corrected chi connectivity index (χ2v) is 4.85. The predicted molar refractivity (Wildman–Crippen MR) is 56.2 cm³/mol. The van der Waals surface area contributed by atoms with Gasteiger partial charge in [-0.25, -0.2) is 0 Å². The minimum absolute atomic E-state index is 0.0700. The number of allylic oxidation sites excluding steroid dienone is 1. The highest BCUT2D eigenvalue weighted by atomic mass is 32.1. The van der Waals surface area contributed by atoms with Gasteiger partial charge in [0.15, 0.2) is 0 Å². The van der Waals surface area contributed by atoms with Crippen LogP contribution in [0.1, 0.15) is 24.1 Å². The highest BCUT2D eigenvalue weighted by molar-refractivity contribution is 7.10. The van der Waals surface area contributed by atoms with Crippen molar-refractivity contribution >= 4 is 11.3 Å². The first-order valence-corrected chi connectivity index (χ1v) is 5.85. The van der Waals surface area contributed by atoms with Crippen molar-refractivity contribution in [1.29, 1.82) is 0 Å². The first kappa shape index (κ1) is 11.7. The van der Waals surface area contributed by atoms with Gasteiger partial charge >= 0.3 is 6.18 Å². The summed E-state index contributed by atoms with van der Waals surface area (Å²) in [6.07, 6.45) is -1.47. The van der Waals surface area contributed by atoms with E-state index in [2.05, 4.69) is 0 Å². The molecule has 0 spiro atoms. The third-order valence-corrected chi connectivity index (χ3v) is 3.73. The number of aliphatic hydroxyl groups is 1. The van der Waals surface area contributed by atoms with Crippen LogP contribution in [0, 0.1) is 0 Å².